The average Bonchev–Trinajstić information content (AvgIpc) is 2.71. The highest BCUT2D eigenvalue weighted by Gasteiger charge is 2.32. The molecule has 0 saturated carbocycles. The molecule has 1 aliphatic heterocycles. The molecule has 4 nitrogen and oxygen atoms in total. The zero-order valence-corrected chi connectivity index (χ0v) is 15.8. The standard InChI is InChI=1S/C23H23NO3/c1-14-12-18(17-11-7-9-15-8-5-6-10-16(15)17)21-19(24-14)13-20(25-2)22(26-3)23(21)27-4/h5-11,13,18,24H,1,12H2,2-4H3. The van der Waals surface area contributed by atoms with Gasteiger partial charge in [0.1, 0.15) is 0 Å². The highest BCUT2D eigenvalue weighted by atomic mass is 16.5. The van der Waals surface area contributed by atoms with Gasteiger partial charge in [0.25, 0.3) is 0 Å². The van der Waals surface area contributed by atoms with Crippen LogP contribution >= 0.6 is 0 Å². The molecule has 1 atom stereocenters. The summed E-state index contributed by atoms with van der Waals surface area (Å²) in [4.78, 5) is 0. The maximum absolute atomic E-state index is 5.80. The Balaban J connectivity index is 2.01. The van der Waals surface area contributed by atoms with E-state index in [0.29, 0.717) is 17.2 Å². The van der Waals surface area contributed by atoms with Crippen LogP contribution in [0.2, 0.25) is 0 Å². The van der Waals surface area contributed by atoms with E-state index in [9.17, 15) is 0 Å². The van der Waals surface area contributed by atoms with Gasteiger partial charge in [-0.25, -0.2) is 0 Å². The van der Waals surface area contributed by atoms with Crippen molar-refractivity contribution in [2.45, 2.75) is 12.3 Å². The SMILES string of the molecule is C=C1CC(c2cccc3ccccc23)c2c(cc(OC)c(OC)c2OC)N1. The van der Waals surface area contributed by atoms with Gasteiger partial charge in [-0.05, 0) is 22.8 Å². The van der Waals surface area contributed by atoms with Crippen molar-refractivity contribution >= 4 is 16.5 Å². The maximum atomic E-state index is 5.80. The average molecular weight is 361 g/mol. The van der Waals surface area contributed by atoms with Crippen LogP contribution in [0.4, 0.5) is 5.69 Å². The lowest BCUT2D eigenvalue weighted by molar-refractivity contribution is 0.321. The predicted molar refractivity (Wildman–Crippen MR) is 109 cm³/mol. The first-order valence-corrected chi connectivity index (χ1v) is 8.93. The molecular weight excluding hydrogens is 338 g/mol. The minimum Gasteiger partial charge on any atom is -0.493 e. The fourth-order valence-corrected chi connectivity index (χ4v) is 4.04. The molecule has 3 aromatic rings. The molecule has 0 radical (unpaired) electrons. The summed E-state index contributed by atoms with van der Waals surface area (Å²) in [5, 5.41) is 5.86. The molecule has 1 aliphatic rings. The Hall–Kier alpha value is -3.14. The minimum absolute atomic E-state index is 0.106. The van der Waals surface area contributed by atoms with Crippen LogP contribution in [-0.4, -0.2) is 21.3 Å². The first kappa shape index (κ1) is 17.3. The highest BCUT2D eigenvalue weighted by Crippen LogP contribution is 2.53. The van der Waals surface area contributed by atoms with Gasteiger partial charge in [-0.2, -0.15) is 0 Å². The monoisotopic (exact) mass is 361 g/mol. The lowest BCUT2D eigenvalue weighted by atomic mass is 9.81. The Morgan fingerprint density at radius 1 is 0.926 bits per heavy atom. The molecular formula is C23H23NO3. The summed E-state index contributed by atoms with van der Waals surface area (Å²) in [6, 6.07) is 16.8. The van der Waals surface area contributed by atoms with Gasteiger partial charge in [0, 0.05) is 28.9 Å². The molecule has 0 aromatic heterocycles. The molecule has 0 bridgehead atoms. The molecule has 0 amide bonds. The first-order chi connectivity index (χ1) is 13.2. The molecule has 0 fully saturated rings. The second-order valence-corrected chi connectivity index (χ2v) is 6.66. The summed E-state index contributed by atoms with van der Waals surface area (Å²) in [5.41, 5.74) is 4.23. The van der Waals surface area contributed by atoms with Crippen LogP contribution in [0.25, 0.3) is 10.8 Å². The minimum atomic E-state index is 0.106. The van der Waals surface area contributed by atoms with Gasteiger partial charge in [0.05, 0.1) is 21.3 Å². The molecule has 0 saturated heterocycles. The summed E-state index contributed by atoms with van der Waals surface area (Å²) in [7, 11) is 4.93. The normalized spacial score (nSPS) is 15.8. The number of ether oxygens (including phenoxy) is 3. The van der Waals surface area contributed by atoms with E-state index in [4.69, 9.17) is 14.2 Å². The largest absolute Gasteiger partial charge is 0.493 e. The summed E-state index contributed by atoms with van der Waals surface area (Å²) in [6.07, 6.45) is 0.785. The zero-order chi connectivity index (χ0) is 19.0. The summed E-state index contributed by atoms with van der Waals surface area (Å²) in [6.45, 7) is 4.20. The molecule has 1 N–H and O–H groups in total. The molecule has 0 aliphatic carbocycles. The van der Waals surface area contributed by atoms with Crippen molar-refractivity contribution in [3.05, 3.63) is 71.9 Å². The molecule has 27 heavy (non-hydrogen) atoms. The van der Waals surface area contributed by atoms with Crippen molar-refractivity contribution < 1.29 is 14.2 Å². The zero-order valence-electron chi connectivity index (χ0n) is 15.8. The van der Waals surface area contributed by atoms with Crippen molar-refractivity contribution in [2.75, 3.05) is 26.6 Å². The van der Waals surface area contributed by atoms with Crippen LogP contribution in [0, 0.1) is 0 Å². The number of fused-ring (bicyclic) bond motifs is 2. The van der Waals surface area contributed by atoms with E-state index >= 15 is 0 Å². The van der Waals surface area contributed by atoms with E-state index in [0.717, 1.165) is 23.4 Å². The first-order valence-electron chi connectivity index (χ1n) is 8.93. The third-order valence-corrected chi connectivity index (χ3v) is 5.18. The van der Waals surface area contributed by atoms with Crippen LogP contribution in [0.3, 0.4) is 0 Å². The van der Waals surface area contributed by atoms with E-state index in [-0.39, 0.29) is 5.92 Å². The lowest BCUT2D eigenvalue weighted by Gasteiger charge is -2.32. The van der Waals surface area contributed by atoms with Gasteiger partial charge in [0.15, 0.2) is 11.5 Å². The van der Waals surface area contributed by atoms with Crippen molar-refractivity contribution in [3.63, 3.8) is 0 Å². The van der Waals surface area contributed by atoms with Gasteiger partial charge < -0.3 is 19.5 Å². The van der Waals surface area contributed by atoms with E-state index in [2.05, 4.69) is 54.4 Å². The molecule has 138 valence electrons. The number of nitrogens with one attached hydrogen (secondary N) is 1. The molecule has 1 heterocycles. The quantitative estimate of drug-likeness (QED) is 0.682. The van der Waals surface area contributed by atoms with E-state index in [1.54, 1.807) is 21.3 Å². The van der Waals surface area contributed by atoms with E-state index in [1.807, 2.05) is 6.07 Å². The van der Waals surface area contributed by atoms with Crippen molar-refractivity contribution in [1.82, 2.24) is 0 Å². The maximum Gasteiger partial charge on any atom is 0.203 e. The fraction of sp³-hybridized carbons (Fsp3) is 0.217. The number of hydrogen-bond acceptors (Lipinski definition) is 4. The number of allylic oxidation sites excluding steroid dienone is 1. The van der Waals surface area contributed by atoms with Crippen LogP contribution in [-0.2, 0) is 0 Å². The number of anilines is 1. The Kier molecular flexibility index (Phi) is 4.40. The van der Waals surface area contributed by atoms with Gasteiger partial charge >= 0.3 is 0 Å². The Bertz CT molecular complexity index is 1020. The Morgan fingerprint density at radius 3 is 2.41 bits per heavy atom. The van der Waals surface area contributed by atoms with Crippen molar-refractivity contribution in [3.8, 4) is 17.2 Å². The number of rotatable bonds is 4. The number of hydrogen-bond donors (Lipinski definition) is 1. The van der Waals surface area contributed by atoms with Crippen LogP contribution in [0.15, 0.2) is 60.8 Å². The highest BCUT2D eigenvalue weighted by molar-refractivity contribution is 5.88. The predicted octanol–water partition coefficient (Wildman–Crippen LogP) is 5.33. The number of methoxy groups -OCH3 is 3. The second kappa shape index (κ2) is 6.88. The Labute approximate surface area is 159 Å². The van der Waals surface area contributed by atoms with Gasteiger partial charge in [-0.3, -0.25) is 0 Å². The number of benzene rings is 3. The van der Waals surface area contributed by atoms with Crippen LogP contribution in [0.5, 0.6) is 17.2 Å². The van der Waals surface area contributed by atoms with Gasteiger partial charge in [-0.15, -0.1) is 0 Å². The van der Waals surface area contributed by atoms with Gasteiger partial charge in [-0.1, -0.05) is 49.0 Å². The Morgan fingerprint density at radius 2 is 1.67 bits per heavy atom. The van der Waals surface area contributed by atoms with E-state index < -0.39 is 0 Å². The van der Waals surface area contributed by atoms with E-state index in [1.165, 1.54) is 16.3 Å². The summed E-state index contributed by atoms with van der Waals surface area (Å²) >= 11 is 0. The van der Waals surface area contributed by atoms with Crippen molar-refractivity contribution in [2.24, 2.45) is 0 Å². The topological polar surface area (TPSA) is 39.7 Å². The molecule has 4 rings (SSSR count). The second-order valence-electron chi connectivity index (χ2n) is 6.66. The van der Waals surface area contributed by atoms with Crippen molar-refractivity contribution in [1.29, 1.82) is 0 Å². The molecule has 0 spiro atoms. The summed E-state index contributed by atoms with van der Waals surface area (Å²) in [5.74, 6) is 2.05. The molecule has 3 aromatic carbocycles. The third kappa shape index (κ3) is 2.78. The van der Waals surface area contributed by atoms with Crippen LogP contribution < -0.4 is 19.5 Å². The summed E-state index contributed by atoms with van der Waals surface area (Å²) < 4.78 is 16.9. The third-order valence-electron chi connectivity index (χ3n) is 5.18. The van der Waals surface area contributed by atoms with Crippen LogP contribution in [0.1, 0.15) is 23.5 Å². The lowest BCUT2D eigenvalue weighted by Crippen LogP contribution is -2.17. The smallest absolute Gasteiger partial charge is 0.203 e. The van der Waals surface area contributed by atoms with Gasteiger partial charge in [0.2, 0.25) is 5.75 Å². The fourth-order valence-electron chi connectivity index (χ4n) is 4.04. The molecule has 1 unspecified atom stereocenters. The molecule has 4 heteroatoms.